The van der Waals surface area contributed by atoms with E-state index in [2.05, 4.69) is 24.3 Å². The number of rotatable bonds is 4. The average Bonchev–Trinajstić information content (AvgIpc) is 3.31. The van der Waals surface area contributed by atoms with Gasteiger partial charge in [0.15, 0.2) is 0 Å². The van der Waals surface area contributed by atoms with Crippen LogP contribution in [0.25, 0.3) is 0 Å². The molecule has 6 heteroatoms. The Morgan fingerprint density at radius 3 is 2.45 bits per heavy atom. The molecule has 0 radical (unpaired) electrons. The van der Waals surface area contributed by atoms with Crippen LogP contribution in [0.15, 0.2) is 77.9 Å². The van der Waals surface area contributed by atoms with E-state index >= 15 is 0 Å². The van der Waals surface area contributed by atoms with Crippen molar-refractivity contribution in [1.29, 1.82) is 0 Å². The lowest BCUT2D eigenvalue weighted by Gasteiger charge is -2.23. The van der Waals surface area contributed by atoms with Crippen molar-refractivity contribution in [3.8, 4) is 5.75 Å². The van der Waals surface area contributed by atoms with Gasteiger partial charge in [0.1, 0.15) is 5.75 Å². The number of hydrogen-bond acceptors (Lipinski definition) is 5. The van der Waals surface area contributed by atoms with Crippen molar-refractivity contribution in [3.05, 3.63) is 99.6 Å². The average molecular weight is 385 g/mol. The lowest BCUT2D eigenvalue weighted by molar-refractivity contribution is -0.384. The van der Waals surface area contributed by atoms with Crippen molar-refractivity contribution >= 4 is 17.1 Å². The Balaban J connectivity index is 1.59. The van der Waals surface area contributed by atoms with Crippen LogP contribution in [0.2, 0.25) is 0 Å². The maximum Gasteiger partial charge on any atom is 0.269 e. The van der Waals surface area contributed by atoms with Gasteiger partial charge in [0.2, 0.25) is 0 Å². The van der Waals surface area contributed by atoms with Crippen LogP contribution in [0.1, 0.15) is 22.6 Å². The number of hydrogen-bond donors (Lipinski definition) is 0. The number of hydrazone groups is 1. The van der Waals surface area contributed by atoms with E-state index in [-0.39, 0.29) is 22.6 Å². The third-order valence-corrected chi connectivity index (χ3v) is 5.74. The third kappa shape index (κ3) is 2.84. The van der Waals surface area contributed by atoms with Crippen LogP contribution in [-0.4, -0.2) is 23.8 Å². The van der Waals surface area contributed by atoms with E-state index in [4.69, 9.17) is 9.84 Å². The fourth-order valence-corrected chi connectivity index (χ4v) is 4.36. The Morgan fingerprint density at radius 1 is 1.03 bits per heavy atom. The summed E-state index contributed by atoms with van der Waals surface area (Å²) in [6, 6.07) is 23.2. The zero-order chi connectivity index (χ0) is 20.0. The molecule has 0 N–H and O–H groups in total. The van der Waals surface area contributed by atoms with Gasteiger partial charge in [-0.2, -0.15) is 5.10 Å². The second-order valence-corrected chi connectivity index (χ2v) is 7.28. The van der Waals surface area contributed by atoms with Crippen LogP contribution < -0.4 is 9.75 Å². The molecule has 2 atom stereocenters. The highest BCUT2D eigenvalue weighted by atomic mass is 16.6. The van der Waals surface area contributed by atoms with Gasteiger partial charge < -0.3 is 4.74 Å². The van der Waals surface area contributed by atoms with Crippen LogP contribution in [-0.2, 0) is 6.42 Å². The molecule has 0 amide bonds. The highest BCUT2D eigenvalue weighted by Crippen LogP contribution is 2.45. The van der Waals surface area contributed by atoms with Crippen LogP contribution in [0, 0.1) is 10.1 Å². The van der Waals surface area contributed by atoms with E-state index in [1.807, 2.05) is 29.3 Å². The van der Waals surface area contributed by atoms with E-state index in [9.17, 15) is 10.1 Å². The van der Waals surface area contributed by atoms with Crippen molar-refractivity contribution in [1.82, 2.24) is 0 Å². The molecule has 0 spiro atoms. The predicted molar refractivity (Wildman–Crippen MR) is 112 cm³/mol. The highest BCUT2D eigenvalue weighted by Gasteiger charge is 2.44. The molecule has 29 heavy (non-hydrogen) atoms. The van der Waals surface area contributed by atoms with Crippen molar-refractivity contribution in [2.75, 3.05) is 12.1 Å². The fraction of sp³-hybridized carbons (Fsp3) is 0.174. The number of nitrogens with zero attached hydrogens (tertiary/aromatic N) is 3. The Morgan fingerprint density at radius 2 is 1.76 bits per heavy atom. The summed E-state index contributed by atoms with van der Waals surface area (Å²) < 4.78 is 5.29. The lowest BCUT2D eigenvalue weighted by Crippen LogP contribution is -2.29. The number of non-ortho nitro benzene ring substituents is 1. The SMILES string of the molecule is COc1ccc(C2=NN(c3ccc([N+](=O)[O-])cc3)[C@H]3Cc4ccccc4[C@@H]23)cc1. The second-order valence-electron chi connectivity index (χ2n) is 7.28. The summed E-state index contributed by atoms with van der Waals surface area (Å²) in [5.74, 6) is 0.970. The molecule has 144 valence electrons. The molecule has 0 fully saturated rings. The van der Waals surface area contributed by atoms with Crippen LogP contribution in [0.5, 0.6) is 5.75 Å². The van der Waals surface area contributed by atoms with Crippen molar-refractivity contribution in [3.63, 3.8) is 0 Å². The minimum Gasteiger partial charge on any atom is -0.497 e. The molecular formula is C23H19N3O3. The summed E-state index contributed by atoms with van der Waals surface area (Å²) >= 11 is 0. The first-order valence-electron chi connectivity index (χ1n) is 9.50. The number of nitro benzene ring substituents is 1. The Labute approximate surface area is 168 Å². The first-order valence-corrected chi connectivity index (χ1v) is 9.50. The molecule has 1 aliphatic heterocycles. The molecule has 1 aliphatic carbocycles. The van der Waals surface area contributed by atoms with Gasteiger partial charge in [-0.25, -0.2) is 0 Å². The largest absolute Gasteiger partial charge is 0.497 e. The van der Waals surface area contributed by atoms with E-state index < -0.39 is 0 Å². The number of methoxy groups -OCH3 is 1. The molecule has 5 rings (SSSR count). The van der Waals surface area contributed by atoms with E-state index in [1.54, 1.807) is 19.2 Å². The van der Waals surface area contributed by atoms with Gasteiger partial charge in [-0.1, -0.05) is 24.3 Å². The van der Waals surface area contributed by atoms with Gasteiger partial charge in [0.05, 0.1) is 35.4 Å². The second kappa shape index (κ2) is 6.74. The maximum absolute atomic E-state index is 11.0. The molecule has 0 saturated heterocycles. The summed E-state index contributed by atoms with van der Waals surface area (Å²) in [6.07, 6.45) is 0.890. The zero-order valence-electron chi connectivity index (χ0n) is 15.9. The van der Waals surface area contributed by atoms with E-state index in [0.717, 1.165) is 29.1 Å². The van der Waals surface area contributed by atoms with E-state index in [1.165, 1.54) is 23.3 Å². The number of anilines is 1. The molecule has 3 aromatic carbocycles. The van der Waals surface area contributed by atoms with Gasteiger partial charge in [-0.05, 0) is 59.5 Å². The van der Waals surface area contributed by atoms with Crippen LogP contribution in [0.3, 0.4) is 0 Å². The molecule has 1 heterocycles. The molecule has 0 unspecified atom stereocenters. The molecule has 0 bridgehead atoms. The molecule has 2 aliphatic rings. The summed E-state index contributed by atoms with van der Waals surface area (Å²) in [4.78, 5) is 10.6. The molecule has 0 saturated carbocycles. The van der Waals surface area contributed by atoms with Crippen molar-refractivity contribution in [2.45, 2.75) is 18.4 Å². The minimum atomic E-state index is -0.381. The van der Waals surface area contributed by atoms with Crippen molar-refractivity contribution < 1.29 is 9.66 Å². The summed E-state index contributed by atoms with van der Waals surface area (Å²) in [5.41, 5.74) is 5.65. The molecule has 3 aromatic rings. The van der Waals surface area contributed by atoms with Crippen LogP contribution >= 0.6 is 0 Å². The Bertz CT molecular complexity index is 1110. The normalized spacial score (nSPS) is 19.5. The number of benzene rings is 3. The smallest absolute Gasteiger partial charge is 0.269 e. The summed E-state index contributed by atoms with van der Waals surface area (Å²) in [6.45, 7) is 0. The molecule has 0 aromatic heterocycles. The monoisotopic (exact) mass is 385 g/mol. The zero-order valence-corrected chi connectivity index (χ0v) is 15.9. The quantitative estimate of drug-likeness (QED) is 0.489. The van der Waals surface area contributed by atoms with E-state index in [0.29, 0.717) is 0 Å². The van der Waals surface area contributed by atoms with Gasteiger partial charge in [-0.15, -0.1) is 0 Å². The summed E-state index contributed by atoms with van der Waals surface area (Å²) in [7, 11) is 1.65. The maximum atomic E-state index is 11.0. The highest BCUT2D eigenvalue weighted by molar-refractivity contribution is 6.08. The van der Waals surface area contributed by atoms with Gasteiger partial charge in [0, 0.05) is 12.1 Å². The topological polar surface area (TPSA) is 68.0 Å². The first-order chi connectivity index (χ1) is 14.2. The van der Waals surface area contributed by atoms with Gasteiger partial charge >= 0.3 is 0 Å². The Kier molecular flexibility index (Phi) is 4.05. The van der Waals surface area contributed by atoms with Crippen molar-refractivity contribution in [2.24, 2.45) is 5.10 Å². The Hall–Kier alpha value is -3.67. The molecular weight excluding hydrogens is 366 g/mol. The van der Waals surface area contributed by atoms with Gasteiger partial charge in [-0.3, -0.25) is 15.1 Å². The number of nitro groups is 1. The van der Waals surface area contributed by atoms with Gasteiger partial charge in [0.25, 0.3) is 5.69 Å². The summed E-state index contributed by atoms with van der Waals surface area (Å²) in [5, 5.41) is 18.0. The standard InChI is InChI=1S/C23H19N3O3/c1-29-19-12-6-15(7-13-19)23-22-20-5-3-2-4-16(20)14-21(22)25(24-23)17-8-10-18(11-9-17)26(27)28/h2-13,21-22H,14H2,1H3/t21-,22+/m0/s1. The molecule has 6 nitrogen and oxygen atoms in total. The third-order valence-electron chi connectivity index (χ3n) is 5.74. The lowest BCUT2D eigenvalue weighted by atomic mass is 9.89. The van der Waals surface area contributed by atoms with Crippen LogP contribution in [0.4, 0.5) is 11.4 Å². The number of fused-ring (bicyclic) bond motifs is 3. The number of ether oxygens (including phenoxy) is 1. The minimum absolute atomic E-state index is 0.0820. The predicted octanol–water partition coefficient (Wildman–Crippen LogP) is 4.54. The first kappa shape index (κ1) is 17.4. The fourth-order valence-electron chi connectivity index (χ4n) is 4.36.